The highest BCUT2D eigenvalue weighted by Gasteiger charge is 2.47. The smallest absolute Gasteiger partial charge is 0.333 e. The van der Waals surface area contributed by atoms with Gasteiger partial charge in [-0.15, -0.1) is 11.3 Å². The lowest BCUT2D eigenvalue weighted by molar-refractivity contribution is 0.332. The molecule has 10 aromatic rings. The van der Waals surface area contributed by atoms with Crippen molar-refractivity contribution in [3.05, 3.63) is 178 Å². The van der Waals surface area contributed by atoms with Crippen LogP contribution >= 0.6 is 11.3 Å². The zero-order valence-corrected chi connectivity index (χ0v) is 50.3. The maximum absolute atomic E-state index is 2.84. The Kier molecular flexibility index (Phi) is 10.9. The average Bonchev–Trinajstić information content (AvgIpc) is 4.00. The summed E-state index contributed by atoms with van der Waals surface area (Å²) in [6.45, 7) is 40.3. The van der Waals surface area contributed by atoms with Crippen LogP contribution in [0.4, 0.5) is 28.4 Å². The minimum atomic E-state index is -0.141. The van der Waals surface area contributed by atoms with E-state index in [1.807, 2.05) is 11.3 Å². The summed E-state index contributed by atoms with van der Waals surface area (Å²) in [7, 11) is 0. The van der Waals surface area contributed by atoms with Gasteiger partial charge in [-0.3, -0.25) is 0 Å². The first-order valence-corrected chi connectivity index (χ1v) is 29.6. The van der Waals surface area contributed by atoms with Gasteiger partial charge in [-0.2, -0.15) is 0 Å². The molecule has 0 spiro atoms. The second-order valence-corrected chi connectivity index (χ2v) is 30.1. The van der Waals surface area contributed by atoms with Gasteiger partial charge in [0.25, 0.3) is 0 Å². The Balaban J connectivity index is 1.19. The maximum atomic E-state index is 2.84. The molecule has 0 saturated heterocycles. The van der Waals surface area contributed by atoms with E-state index in [-0.39, 0.29) is 39.3 Å². The van der Waals surface area contributed by atoms with Gasteiger partial charge in [0.05, 0.1) is 11.0 Å². The predicted octanol–water partition coefficient (Wildman–Crippen LogP) is 19.7. The van der Waals surface area contributed by atoms with E-state index < -0.39 is 0 Å². The molecule has 3 nitrogen and oxygen atoms in total. The van der Waals surface area contributed by atoms with Crippen molar-refractivity contribution < 1.29 is 0 Å². The number of benzene rings is 8. The maximum Gasteiger partial charge on any atom is 0.333 e. The first-order valence-electron chi connectivity index (χ1n) is 28.8. The zero-order chi connectivity index (χ0) is 55.1. The van der Waals surface area contributed by atoms with E-state index in [9.17, 15) is 0 Å². The number of nitrogens with zero attached hydrogens (tertiary/aromatic N) is 3. The molecule has 5 heteroatoms. The number of aromatic nitrogens is 1. The lowest BCUT2D eigenvalue weighted by Crippen LogP contribution is -2.61. The molecule has 8 aromatic carbocycles. The number of hydrogen-bond donors (Lipinski definition) is 0. The molecule has 1 aliphatic carbocycles. The Morgan fingerprint density at radius 1 is 0.487 bits per heavy atom. The Labute approximate surface area is 469 Å². The molecular formula is C73H78BN3S. The number of fused-ring (bicyclic) bond motifs is 12. The van der Waals surface area contributed by atoms with Crippen molar-refractivity contribution in [3.63, 3.8) is 0 Å². The van der Waals surface area contributed by atoms with Crippen LogP contribution in [-0.4, -0.2) is 11.4 Å². The number of rotatable bonds is 4. The van der Waals surface area contributed by atoms with Crippen molar-refractivity contribution in [1.29, 1.82) is 0 Å². The summed E-state index contributed by atoms with van der Waals surface area (Å²) >= 11 is 1.97. The van der Waals surface area contributed by atoms with Crippen molar-refractivity contribution >= 4 is 99.5 Å². The number of thiophene rings is 1. The Bertz CT molecular complexity index is 4080. The van der Waals surface area contributed by atoms with E-state index in [4.69, 9.17) is 0 Å². The van der Waals surface area contributed by atoms with Crippen molar-refractivity contribution in [1.82, 2.24) is 4.57 Å². The van der Waals surface area contributed by atoms with Crippen molar-refractivity contribution in [2.45, 2.75) is 163 Å². The molecule has 0 saturated carbocycles. The summed E-state index contributed by atoms with van der Waals surface area (Å²) in [5.41, 5.74) is 25.0. The minimum Gasteiger partial charge on any atom is -0.376 e. The normalized spacial score (nSPS) is 15.8. The fraction of sp³-hybridized carbons (Fsp3) is 0.342. The standard InChI is InChI=1S/C73H78BN3S/c1-43-36-56-57(73(16,17)35-34-72(56,14)15)42-60(43)77-61-40-50(75(48-27-22-44(23-28-48)68(2,3)4)49-29-24-45(25-30-49)69(5,6)7)31-32-52(61)64-65-62(41-55-51-20-18-19-21-63(51)78-67(55)64)76-59-33-26-46(70(8,9)10)37-53(59)54-38-47(71(11,12)13)39-58(66(54)76)74(65)77/h18-33,36-42H,34-35H2,1-17H3. The molecule has 78 heavy (non-hydrogen) atoms. The molecule has 394 valence electrons. The molecule has 0 fully saturated rings. The summed E-state index contributed by atoms with van der Waals surface area (Å²) in [5, 5.41) is 5.33. The highest BCUT2D eigenvalue weighted by atomic mass is 32.1. The van der Waals surface area contributed by atoms with E-state index in [1.165, 1.54) is 126 Å². The zero-order valence-electron chi connectivity index (χ0n) is 49.5. The van der Waals surface area contributed by atoms with E-state index in [0.29, 0.717) is 0 Å². The molecule has 2 aliphatic heterocycles. The molecule has 0 amide bonds. The lowest BCUT2D eigenvalue weighted by atomic mass is 9.43. The van der Waals surface area contributed by atoms with E-state index in [1.54, 1.807) is 0 Å². The summed E-state index contributed by atoms with van der Waals surface area (Å²) in [4.78, 5) is 5.34. The monoisotopic (exact) mass is 1040 g/mol. The van der Waals surface area contributed by atoms with E-state index in [0.717, 1.165) is 23.5 Å². The fourth-order valence-corrected chi connectivity index (χ4v) is 14.9. The SMILES string of the molecule is Cc1cc2c(cc1N1B3c4c(cc5c(sc6ccccc65)c4-c4ccc(N(c5ccc(C(C)(C)C)cc5)c5ccc(C(C)(C)C)cc5)cc41)-n1c4ccc(C(C)(C)C)cc4c4cc(C(C)(C)C)cc3c41)C(C)(C)CCC2(C)C. The average molecular weight is 1040 g/mol. The number of anilines is 5. The van der Waals surface area contributed by atoms with Crippen molar-refractivity contribution in [2.24, 2.45) is 0 Å². The molecule has 0 bridgehead atoms. The van der Waals surface area contributed by atoms with Gasteiger partial charge in [-0.05, 0) is 175 Å². The molecule has 3 aliphatic rings. The van der Waals surface area contributed by atoms with Crippen LogP contribution in [0.25, 0.3) is 58.8 Å². The third kappa shape index (κ3) is 7.71. The van der Waals surface area contributed by atoms with Gasteiger partial charge in [-0.25, -0.2) is 0 Å². The van der Waals surface area contributed by atoms with Crippen molar-refractivity contribution in [2.75, 3.05) is 9.71 Å². The Hall–Kier alpha value is -6.56. The van der Waals surface area contributed by atoms with Crippen LogP contribution in [0.3, 0.4) is 0 Å². The molecule has 13 rings (SSSR count). The molecule has 0 N–H and O–H groups in total. The first-order chi connectivity index (χ1) is 36.6. The molecular weight excluding hydrogens is 962 g/mol. The number of aryl methyl sites for hydroxylation is 1. The molecule has 4 heterocycles. The van der Waals surface area contributed by atoms with Gasteiger partial charge < -0.3 is 14.3 Å². The quantitative estimate of drug-likeness (QED) is 0.163. The first kappa shape index (κ1) is 50.9. The van der Waals surface area contributed by atoms with Crippen LogP contribution in [0.5, 0.6) is 0 Å². The fourth-order valence-electron chi connectivity index (χ4n) is 13.7. The predicted molar refractivity (Wildman–Crippen MR) is 342 cm³/mol. The van der Waals surface area contributed by atoms with Crippen LogP contribution in [0.15, 0.2) is 140 Å². The molecule has 0 unspecified atom stereocenters. The van der Waals surface area contributed by atoms with Crippen LogP contribution in [0.1, 0.15) is 163 Å². The van der Waals surface area contributed by atoms with Crippen LogP contribution in [-0.2, 0) is 32.5 Å². The van der Waals surface area contributed by atoms with Crippen LogP contribution in [0, 0.1) is 6.92 Å². The highest BCUT2D eigenvalue weighted by Crippen LogP contribution is 2.55. The summed E-state index contributed by atoms with van der Waals surface area (Å²) in [5.74, 6) is 0. The largest absolute Gasteiger partial charge is 0.376 e. The Morgan fingerprint density at radius 3 is 1.64 bits per heavy atom. The third-order valence-electron chi connectivity index (χ3n) is 18.6. The van der Waals surface area contributed by atoms with Gasteiger partial charge >= 0.3 is 6.85 Å². The van der Waals surface area contributed by atoms with Crippen LogP contribution in [0.2, 0.25) is 0 Å². The van der Waals surface area contributed by atoms with Gasteiger partial charge in [-0.1, -0.05) is 178 Å². The molecule has 0 atom stereocenters. The highest BCUT2D eigenvalue weighted by molar-refractivity contribution is 7.26. The second-order valence-electron chi connectivity index (χ2n) is 29.0. The van der Waals surface area contributed by atoms with Gasteiger partial charge in [0.2, 0.25) is 0 Å². The third-order valence-corrected chi connectivity index (χ3v) is 19.8. The Morgan fingerprint density at radius 2 is 1.04 bits per heavy atom. The van der Waals surface area contributed by atoms with Crippen molar-refractivity contribution in [3.8, 4) is 16.8 Å². The minimum absolute atomic E-state index is 0.00877. The lowest BCUT2D eigenvalue weighted by Gasteiger charge is -2.46. The van der Waals surface area contributed by atoms with Gasteiger partial charge in [0.1, 0.15) is 0 Å². The van der Waals surface area contributed by atoms with Gasteiger partial charge in [0, 0.05) is 76.2 Å². The van der Waals surface area contributed by atoms with E-state index >= 15 is 0 Å². The van der Waals surface area contributed by atoms with E-state index in [2.05, 4.69) is 272 Å². The summed E-state index contributed by atoms with van der Waals surface area (Å²) in [6, 6.07) is 55.7. The summed E-state index contributed by atoms with van der Waals surface area (Å²) < 4.78 is 5.38. The van der Waals surface area contributed by atoms with Crippen LogP contribution < -0.4 is 20.6 Å². The molecule has 0 radical (unpaired) electrons. The topological polar surface area (TPSA) is 11.4 Å². The summed E-state index contributed by atoms with van der Waals surface area (Å²) in [6.07, 6.45) is 2.33. The molecule has 2 aromatic heterocycles. The second kappa shape index (κ2) is 16.7. The number of hydrogen-bond acceptors (Lipinski definition) is 3. The van der Waals surface area contributed by atoms with Gasteiger partial charge in [0.15, 0.2) is 0 Å².